The first-order valence-corrected chi connectivity index (χ1v) is 11.0. The standard InChI is InChI=1S/C26H22ClFN2O4/c1-14(2)34-21-9-6-16(11-15(21)3)24(31)22-23(17-5-4-10-29-13-17)30(26(33)25(22)32)18-7-8-20(28)19(27)12-18/h4-14,23,31H,1-3H3/b24-22+. The number of benzene rings is 2. The van der Waals surface area contributed by atoms with E-state index in [1.165, 1.54) is 23.2 Å². The number of aliphatic hydroxyl groups is 1. The van der Waals surface area contributed by atoms with Crippen LogP contribution in [-0.2, 0) is 9.59 Å². The van der Waals surface area contributed by atoms with Crippen molar-refractivity contribution in [2.75, 3.05) is 4.90 Å². The Balaban J connectivity index is 1.89. The summed E-state index contributed by atoms with van der Waals surface area (Å²) < 4.78 is 19.5. The van der Waals surface area contributed by atoms with Crippen LogP contribution in [0.15, 0.2) is 66.5 Å². The van der Waals surface area contributed by atoms with Crippen molar-refractivity contribution in [1.29, 1.82) is 0 Å². The number of ketones is 1. The minimum absolute atomic E-state index is 0.0309. The lowest BCUT2D eigenvalue weighted by atomic mass is 9.95. The third-order valence-corrected chi connectivity index (χ3v) is 5.73. The molecule has 0 radical (unpaired) electrons. The lowest BCUT2D eigenvalue weighted by Crippen LogP contribution is -2.29. The van der Waals surface area contributed by atoms with E-state index in [9.17, 15) is 19.1 Å². The van der Waals surface area contributed by atoms with Crippen molar-refractivity contribution in [3.8, 4) is 5.75 Å². The highest BCUT2D eigenvalue weighted by atomic mass is 35.5. The molecule has 8 heteroatoms. The topological polar surface area (TPSA) is 79.7 Å². The van der Waals surface area contributed by atoms with Gasteiger partial charge in [-0.15, -0.1) is 0 Å². The number of aromatic nitrogens is 1. The zero-order valence-corrected chi connectivity index (χ0v) is 19.5. The molecular weight excluding hydrogens is 459 g/mol. The highest BCUT2D eigenvalue weighted by molar-refractivity contribution is 6.51. The van der Waals surface area contributed by atoms with Gasteiger partial charge in [-0.3, -0.25) is 19.5 Å². The number of carbonyl (C=O) groups is 2. The summed E-state index contributed by atoms with van der Waals surface area (Å²) in [5.74, 6) is -2.07. The van der Waals surface area contributed by atoms with Crippen molar-refractivity contribution in [1.82, 2.24) is 4.98 Å². The van der Waals surface area contributed by atoms with Gasteiger partial charge in [-0.25, -0.2) is 4.39 Å². The maximum Gasteiger partial charge on any atom is 0.300 e. The molecule has 2 heterocycles. The molecule has 1 saturated heterocycles. The second-order valence-electron chi connectivity index (χ2n) is 8.20. The zero-order chi connectivity index (χ0) is 24.6. The van der Waals surface area contributed by atoms with Crippen molar-refractivity contribution in [3.63, 3.8) is 0 Å². The molecule has 6 nitrogen and oxygen atoms in total. The summed E-state index contributed by atoms with van der Waals surface area (Å²) in [7, 11) is 0. The molecule has 3 aromatic rings. The molecule has 1 N–H and O–H groups in total. The Morgan fingerprint density at radius 3 is 2.56 bits per heavy atom. The van der Waals surface area contributed by atoms with Crippen LogP contribution in [0, 0.1) is 12.7 Å². The molecule has 1 aliphatic rings. The Morgan fingerprint density at radius 2 is 1.94 bits per heavy atom. The number of hydrogen-bond acceptors (Lipinski definition) is 5. The van der Waals surface area contributed by atoms with Gasteiger partial charge in [0.15, 0.2) is 0 Å². The lowest BCUT2D eigenvalue weighted by molar-refractivity contribution is -0.132. The molecule has 0 saturated carbocycles. The van der Waals surface area contributed by atoms with Crippen molar-refractivity contribution in [2.45, 2.75) is 32.9 Å². The van der Waals surface area contributed by atoms with Gasteiger partial charge in [0, 0.05) is 23.6 Å². The fraction of sp³-hybridized carbons (Fsp3) is 0.192. The van der Waals surface area contributed by atoms with Crippen LogP contribution in [0.5, 0.6) is 5.75 Å². The number of ether oxygens (including phenoxy) is 1. The van der Waals surface area contributed by atoms with Gasteiger partial charge < -0.3 is 9.84 Å². The molecule has 34 heavy (non-hydrogen) atoms. The quantitative estimate of drug-likeness (QED) is 0.292. The summed E-state index contributed by atoms with van der Waals surface area (Å²) in [4.78, 5) is 31.6. The number of hydrogen-bond donors (Lipinski definition) is 1. The first-order valence-electron chi connectivity index (χ1n) is 10.6. The Bertz CT molecular complexity index is 1310. The van der Waals surface area contributed by atoms with Crippen molar-refractivity contribution >= 4 is 34.7 Å². The normalized spacial score (nSPS) is 17.5. The number of aliphatic hydroxyl groups excluding tert-OH is 1. The Hall–Kier alpha value is -3.71. The molecule has 1 atom stereocenters. The lowest BCUT2D eigenvalue weighted by Gasteiger charge is -2.25. The largest absolute Gasteiger partial charge is 0.507 e. The summed E-state index contributed by atoms with van der Waals surface area (Å²) in [5, 5.41) is 11.0. The number of amides is 1. The molecule has 4 rings (SSSR count). The third kappa shape index (κ3) is 4.26. The van der Waals surface area contributed by atoms with Gasteiger partial charge in [0.05, 0.1) is 22.7 Å². The van der Waals surface area contributed by atoms with E-state index in [4.69, 9.17) is 16.3 Å². The molecule has 0 aliphatic carbocycles. The second-order valence-corrected chi connectivity index (χ2v) is 8.61. The predicted molar refractivity (Wildman–Crippen MR) is 127 cm³/mol. The minimum Gasteiger partial charge on any atom is -0.507 e. The van der Waals surface area contributed by atoms with E-state index in [1.54, 1.807) is 36.5 Å². The highest BCUT2D eigenvalue weighted by Gasteiger charge is 2.47. The van der Waals surface area contributed by atoms with E-state index in [-0.39, 0.29) is 28.1 Å². The maximum absolute atomic E-state index is 13.8. The molecule has 2 aromatic carbocycles. The van der Waals surface area contributed by atoms with Crippen molar-refractivity contribution in [2.24, 2.45) is 0 Å². The SMILES string of the molecule is Cc1cc(/C(O)=C2\C(=O)C(=O)N(c3ccc(F)c(Cl)c3)C2c2cccnc2)ccc1OC(C)C. The molecule has 174 valence electrons. The van der Waals surface area contributed by atoms with E-state index in [1.807, 2.05) is 20.8 Å². The third-order valence-electron chi connectivity index (χ3n) is 5.44. The molecule has 1 amide bonds. The Morgan fingerprint density at radius 1 is 1.18 bits per heavy atom. The number of rotatable bonds is 5. The maximum atomic E-state index is 13.8. The van der Waals surface area contributed by atoms with Crippen LogP contribution < -0.4 is 9.64 Å². The summed E-state index contributed by atoms with van der Waals surface area (Å²) in [6.45, 7) is 5.64. The number of nitrogens with zero attached hydrogens (tertiary/aromatic N) is 2. The van der Waals surface area contributed by atoms with Gasteiger partial charge >= 0.3 is 0 Å². The Kier molecular flexibility index (Phi) is 6.39. The fourth-order valence-corrected chi connectivity index (χ4v) is 4.10. The molecule has 0 spiro atoms. The molecule has 1 aromatic heterocycles. The minimum atomic E-state index is -0.984. The van der Waals surface area contributed by atoms with Crippen LogP contribution in [0.4, 0.5) is 10.1 Å². The van der Waals surface area contributed by atoms with E-state index in [2.05, 4.69) is 4.98 Å². The van der Waals surface area contributed by atoms with Crippen molar-refractivity contribution in [3.05, 3.63) is 94.0 Å². The average Bonchev–Trinajstić information content (AvgIpc) is 3.07. The monoisotopic (exact) mass is 480 g/mol. The van der Waals surface area contributed by atoms with Gasteiger partial charge in [-0.05, 0) is 74.4 Å². The van der Waals surface area contributed by atoms with Crippen LogP contribution in [0.1, 0.15) is 36.6 Å². The van der Waals surface area contributed by atoms with Gasteiger partial charge in [-0.1, -0.05) is 17.7 Å². The van der Waals surface area contributed by atoms with Gasteiger partial charge in [-0.2, -0.15) is 0 Å². The summed E-state index contributed by atoms with van der Waals surface area (Å²) in [6, 6.07) is 11.1. The molecular formula is C26H22ClFN2O4. The number of aryl methyl sites for hydroxylation is 1. The van der Waals surface area contributed by atoms with E-state index in [0.29, 0.717) is 16.9 Å². The Labute approximate surface area is 201 Å². The molecule has 0 bridgehead atoms. The van der Waals surface area contributed by atoms with Crippen LogP contribution in [0.25, 0.3) is 5.76 Å². The van der Waals surface area contributed by atoms with Gasteiger partial charge in [0.2, 0.25) is 0 Å². The number of anilines is 1. The summed E-state index contributed by atoms with van der Waals surface area (Å²) in [5.41, 5.74) is 1.74. The van der Waals surface area contributed by atoms with Gasteiger partial charge in [0.1, 0.15) is 17.3 Å². The highest BCUT2D eigenvalue weighted by Crippen LogP contribution is 2.42. The van der Waals surface area contributed by atoms with Crippen LogP contribution in [0.3, 0.4) is 0 Å². The number of carbonyl (C=O) groups excluding carboxylic acids is 2. The molecule has 1 aliphatic heterocycles. The van der Waals surface area contributed by atoms with E-state index >= 15 is 0 Å². The molecule has 1 unspecified atom stereocenters. The zero-order valence-electron chi connectivity index (χ0n) is 18.8. The molecule has 1 fully saturated rings. The second kappa shape index (κ2) is 9.27. The number of Topliss-reactive ketones (excluding diaryl/α,β-unsaturated/α-hetero) is 1. The number of halogens is 2. The average molecular weight is 481 g/mol. The van der Waals surface area contributed by atoms with Gasteiger partial charge in [0.25, 0.3) is 11.7 Å². The summed E-state index contributed by atoms with van der Waals surface area (Å²) in [6.07, 6.45) is 3.03. The summed E-state index contributed by atoms with van der Waals surface area (Å²) >= 11 is 5.95. The van der Waals surface area contributed by atoms with E-state index < -0.39 is 23.5 Å². The number of pyridine rings is 1. The van der Waals surface area contributed by atoms with Crippen LogP contribution in [0.2, 0.25) is 5.02 Å². The van der Waals surface area contributed by atoms with Crippen LogP contribution >= 0.6 is 11.6 Å². The first kappa shape index (κ1) is 23.4. The predicted octanol–water partition coefficient (Wildman–Crippen LogP) is 5.60. The van der Waals surface area contributed by atoms with Crippen LogP contribution in [-0.4, -0.2) is 27.9 Å². The smallest absolute Gasteiger partial charge is 0.300 e. The fourth-order valence-electron chi connectivity index (χ4n) is 3.93. The van der Waals surface area contributed by atoms with Crippen molar-refractivity contribution < 1.29 is 23.8 Å². The van der Waals surface area contributed by atoms with E-state index in [0.717, 1.165) is 11.6 Å². The first-order chi connectivity index (χ1) is 16.2.